The van der Waals surface area contributed by atoms with E-state index in [-0.39, 0.29) is 53.8 Å². The summed E-state index contributed by atoms with van der Waals surface area (Å²) in [5.41, 5.74) is 0.710. The van der Waals surface area contributed by atoms with E-state index in [1.807, 2.05) is 71.9 Å². The van der Waals surface area contributed by atoms with Crippen molar-refractivity contribution in [2.45, 2.75) is 124 Å². The lowest BCUT2D eigenvalue weighted by molar-refractivity contribution is -0.147. The summed E-state index contributed by atoms with van der Waals surface area (Å²) in [6.45, 7) is 15.9. The van der Waals surface area contributed by atoms with E-state index in [4.69, 9.17) is 9.47 Å². The summed E-state index contributed by atoms with van der Waals surface area (Å²) in [5.74, 6) is -2.26. The molecule has 294 valence electrons. The number of carbonyl (C=O) groups excluding carboxylic acids is 4. The molecule has 3 N–H and O–H groups in total. The first-order valence-electron chi connectivity index (χ1n) is 19.0. The first kappa shape index (κ1) is 45.0. The van der Waals surface area contributed by atoms with Gasteiger partial charge in [-0.05, 0) is 50.1 Å². The number of ether oxygens (including phenoxy) is 2. The molecule has 10 atom stereocenters. The smallest absolute Gasteiger partial charge is 0.262 e. The summed E-state index contributed by atoms with van der Waals surface area (Å²) in [7, 11) is 6.57. The van der Waals surface area contributed by atoms with Crippen LogP contribution in [0.15, 0.2) is 35.3 Å². The molecule has 1 aromatic carbocycles. The zero-order valence-electron chi connectivity index (χ0n) is 33.7. The molecule has 4 amide bonds. The average Bonchev–Trinajstić information content (AvgIpc) is 3.60. The minimum Gasteiger partial charge on any atom is -0.386 e. The van der Waals surface area contributed by atoms with Gasteiger partial charge < -0.3 is 35.0 Å². The highest BCUT2D eigenvalue weighted by atomic mass is 16.5. The highest BCUT2D eigenvalue weighted by Gasteiger charge is 2.43. The SMILES string of the molecule is CC[C@H](C)[C@@H]([C@@H](CC(=O)N1CCC[C@H]1[C@H](OC)[C@@H](C)C(=O)N[C@H](C)[C@@H](O)c1ccccc1)OC)N(C)C(=O)C(/C=N/C(=O)[C@@H](NC)C(C)C)C(C)C. The quantitative estimate of drug-likeness (QED) is 0.169. The summed E-state index contributed by atoms with van der Waals surface area (Å²) in [5, 5.41) is 16.8. The molecule has 1 fully saturated rings. The molecule has 12 nitrogen and oxygen atoms in total. The van der Waals surface area contributed by atoms with Gasteiger partial charge in [0.2, 0.25) is 17.7 Å². The number of nitrogens with zero attached hydrogens (tertiary/aromatic N) is 3. The van der Waals surface area contributed by atoms with Gasteiger partial charge in [-0.1, -0.05) is 85.2 Å². The van der Waals surface area contributed by atoms with Crippen molar-refractivity contribution in [3.8, 4) is 0 Å². The standard InChI is InChI=1S/C40H67N5O7/c1-13-26(6)35(44(10)40(50)30(24(2)3)23-42-39(49)34(41-9)25(4)5)32(51-11)22-33(46)45-21-17-20-31(45)37(52-12)27(7)38(48)43-28(8)36(47)29-18-15-14-16-19-29/h14-16,18-19,23-28,30-32,34-37,41,47H,13,17,20-22H2,1-12H3,(H,43,48)/b42-23+/t26-,27+,28+,30?,31-,32+,34-,35-,36+,37+/m0/s1. The molecule has 1 saturated heterocycles. The number of aliphatic hydroxyl groups is 1. The summed E-state index contributed by atoms with van der Waals surface area (Å²) in [4.78, 5) is 62.2. The maximum Gasteiger partial charge on any atom is 0.262 e. The van der Waals surface area contributed by atoms with Gasteiger partial charge in [-0.25, -0.2) is 4.99 Å². The molecule has 0 aromatic heterocycles. The maximum atomic E-state index is 14.1. The van der Waals surface area contributed by atoms with E-state index in [0.717, 1.165) is 12.8 Å². The highest BCUT2D eigenvalue weighted by molar-refractivity contribution is 5.99. The van der Waals surface area contributed by atoms with Gasteiger partial charge in [-0.3, -0.25) is 19.2 Å². The van der Waals surface area contributed by atoms with E-state index in [1.54, 1.807) is 52.0 Å². The fraction of sp³-hybridized carbons (Fsp3) is 0.725. The van der Waals surface area contributed by atoms with Crippen LogP contribution >= 0.6 is 0 Å². The fourth-order valence-corrected chi connectivity index (χ4v) is 7.41. The molecule has 2 rings (SSSR count). The Labute approximate surface area is 312 Å². The van der Waals surface area contributed by atoms with Crippen molar-refractivity contribution in [2.24, 2.45) is 34.6 Å². The molecule has 52 heavy (non-hydrogen) atoms. The van der Waals surface area contributed by atoms with Crippen molar-refractivity contribution < 1.29 is 33.8 Å². The van der Waals surface area contributed by atoms with Crippen molar-refractivity contribution in [1.29, 1.82) is 0 Å². The molecule has 1 unspecified atom stereocenters. The van der Waals surface area contributed by atoms with Crippen LogP contribution in [0.3, 0.4) is 0 Å². The molecule has 12 heteroatoms. The Bertz CT molecular complexity index is 1310. The van der Waals surface area contributed by atoms with Gasteiger partial charge in [0.05, 0.1) is 60.7 Å². The Kier molecular flexibility index (Phi) is 18.6. The summed E-state index contributed by atoms with van der Waals surface area (Å²) in [6.07, 6.45) is 1.63. The van der Waals surface area contributed by atoms with Crippen LogP contribution in [0.5, 0.6) is 0 Å². The molecular formula is C40H67N5O7. The zero-order chi connectivity index (χ0) is 39.3. The number of rotatable bonds is 20. The number of nitrogens with one attached hydrogen (secondary N) is 2. The zero-order valence-corrected chi connectivity index (χ0v) is 33.7. The number of likely N-dealkylation sites (tertiary alicyclic amines) is 1. The van der Waals surface area contributed by atoms with Crippen LogP contribution in [0.1, 0.15) is 92.7 Å². The summed E-state index contributed by atoms with van der Waals surface area (Å²) >= 11 is 0. The number of aliphatic imine (C=N–C) groups is 1. The molecule has 1 aliphatic rings. The number of hydrogen-bond acceptors (Lipinski definition) is 8. The minimum atomic E-state index is -0.876. The van der Waals surface area contributed by atoms with E-state index in [0.29, 0.717) is 18.5 Å². The van der Waals surface area contributed by atoms with Gasteiger partial charge in [0.25, 0.3) is 5.91 Å². The van der Waals surface area contributed by atoms with Crippen LogP contribution in [0.2, 0.25) is 0 Å². The largest absolute Gasteiger partial charge is 0.386 e. The van der Waals surface area contributed by atoms with Crippen molar-refractivity contribution in [3.05, 3.63) is 35.9 Å². The first-order chi connectivity index (χ1) is 24.5. The Balaban J connectivity index is 2.25. The predicted molar refractivity (Wildman–Crippen MR) is 205 cm³/mol. The monoisotopic (exact) mass is 730 g/mol. The Morgan fingerprint density at radius 2 is 1.65 bits per heavy atom. The van der Waals surface area contributed by atoms with Crippen LogP contribution < -0.4 is 10.6 Å². The molecule has 0 radical (unpaired) electrons. The van der Waals surface area contributed by atoms with Crippen LogP contribution in [0, 0.1) is 29.6 Å². The normalized spacial score (nSPS) is 20.2. The molecule has 1 heterocycles. The highest BCUT2D eigenvalue weighted by Crippen LogP contribution is 2.30. The van der Waals surface area contributed by atoms with Gasteiger partial charge >= 0.3 is 0 Å². The van der Waals surface area contributed by atoms with Gasteiger partial charge in [0.1, 0.15) is 0 Å². The lowest BCUT2D eigenvalue weighted by atomic mass is 9.88. The van der Waals surface area contributed by atoms with Crippen LogP contribution in [0.4, 0.5) is 0 Å². The number of methoxy groups -OCH3 is 2. The molecule has 0 aliphatic carbocycles. The first-order valence-corrected chi connectivity index (χ1v) is 19.0. The van der Waals surface area contributed by atoms with Crippen molar-refractivity contribution >= 4 is 29.8 Å². The van der Waals surface area contributed by atoms with E-state index < -0.39 is 48.3 Å². The van der Waals surface area contributed by atoms with Crippen LogP contribution in [0.25, 0.3) is 0 Å². The Morgan fingerprint density at radius 3 is 2.17 bits per heavy atom. The molecule has 0 bridgehead atoms. The number of likely N-dealkylation sites (N-methyl/N-ethyl adjacent to an activating group) is 2. The third-order valence-electron chi connectivity index (χ3n) is 10.9. The lowest BCUT2D eigenvalue weighted by Crippen LogP contribution is -2.54. The summed E-state index contributed by atoms with van der Waals surface area (Å²) in [6, 6.07) is 7.43. The average molecular weight is 730 g/mol. The number of carbonyl (C=O) groups is 4. The van der Waals surface area contributed by atoms with Crippen molar-refractivity contribution in [2.75, 3.05) is 34.9 Å². The van der Waals surface area contributed by atoms with E-state index in [9.17, 15) is 24.3 Å². The summed E-state index contributed by atoms with van der Waals surface area (Å²) < 4.78 is 11.9. The molecule has 0 saturated carbocycles. The van der Waals surface area contributed by atoms with Gasteiger partial charge in [0.15, 0.2) is 0 Å². The number of hydrogen-bond donors (Lipinski definition) is 3. The third kappa shape index (κ3) is 11.7. The van der Waals surface area contributed by atoms with E-state index in [1.165, 1.54) is 6.21 Å². The third-order valence-corrected chi connectivity index (χ3v) is 10.9. The van der Waals surface area contributed by atoms with E-state index in [2.05, 4.69) is 15.6 Å². The predicted octanol–water partition coefficient (Wildman–Crippen LogP) is 4.26. The molecule has 1 aliphatic heterocycles. The van der Waals surface area contributed by atoms with E-state index >= 15 is 0 Å². The van der Waals surface area contributed by atoms with Gasteiger partial charge in [0, 0.05) is 34.0 Å². The second-order valence-electron chi connectivity index (χ2n) is 15.1. The van der Waals surface area contributed by atoms with Gasteiger partial charge in [-0.15, -0.1) is 0 Å². The molecular weight excluding hydrogens is 662 g/mol. The Hall–Kier alpha value is -3.19. The van der Waals surface area contributed by atoms with Gasteiger partial charge in [-0.2, -0.15) is 0 Å². The molecule has 0 spiro atoms. The van der Waals surface area contributed by atoms with Crippen molar-refractivity contribution in [1.82, 2.24) is 20.4 Å². The van der Waals surface area contributed by atoms with Crippen molar-refractivity contribution in [3.63, 3.8) is 0 Å². The fourth-order valence-electron chi connectivity index (χ4n) is 7.41. The number of benzene rings is 1. The second kappa shape index (κ2) is 21.5. The lowest BCUT2D eigenvalue weighted by Gasteiger charge is -2.40. The van der Waals surface area contributed by atoms with Crippen LogP contribution in [-0.4, -0.2) is 116 Å². The maximum absolute atomic E-state index is 14.1. The topological polar surface area (TPSA) is 150 Å². The van der Waals surface area contributed by atoms with Crippen LogP contribution in [-0.2, 0) is 28.7 Å². The number of amides is 4. The minimum absolute atomic E-state index is 0.00858. The Morgan fingerprint density at radius 1 is 1.02 bits per heavy atom. The molecule has 1 aromatic rings. The second-order valence-corrected chi connectivity index (χ2v) is 15.1. The number of aliphatic hydroxyl groups excluding tert-OH is 1.